The first kappa shape index (κ1) is 12.6. The van der Waals surface area contributed by atoms with E-state index in [9.17, 15) is 13.2 Å². The van der Waals surface area contributed by atoms with Crippen LogP contribution >= 0.6 is 22.6 Å². The summed E-state index contributed by atoms with van der Waals surface area (Å²) in [6.45, 7) is 0.336. The van der Waals surface area contributed by atoms with Crippen LogP contribution in [0.15, 0.2) is 17.1 Å². The number of hydrogen-bond acceptors (Lipinski definition) is 4. The fraction of sp³-hybridized carbons (Fsp3) is 0.500. The molecule has 0 amide bonds. The molecular weight excluding hydrogens is 331 g/mol. The maximum atomic E-state index is 11.3. The van der Waals surface area contributed by atoms with E-state index in [0.29, 0.717) is 13.0 Å². The number of aromatic nitrogens is 2. The molecule has 0 aliphatic rings. The molecule has 0 spiro atoms. The van der Waals surface area contributed by atoms with Crippen LogP contribution in [-0.2, 0) is 16.4 Å². The highest BCUT2D eigenvalue weighted by molar-refractivity contribution is 14.1. The zero-order valence-electron chi connectivity index (χ0n) is 8.18. The fourth-order valence-electron chi connectivity index (χ4n) is 1.06. The van der Waals surface area contributed by atoms with Crippen LogP contribution in [0.1, 0.15) is 6.42 Å². The van der Waals surface area contributed by atoms with Gasteiger partial charge in [0.2, 0.25) is 0 Å². The van der Waals surface area contributed by atoms with Gasteiger partial charge in [0.15, 0.2) is 0 Å². The highest BCUT2D eigenvalue weighted by Crippen LogP contribution is 1.97. The van der Waals surface area contributed by atoms with Gasteiger partial charge in [-0.2, -0.15) is 5.10 Å². The third-order valence-electron chi connectivity index (χ3n) is 1.72. The maximum absolute atomic E-state index is 11.3. The molecule has 5 nitrogen and oxygen atoms in total. The van der Waals surface area contributed by atoms with Gasteiger partial charge in [0.05, 0.1) is 11.9 Å². The van der Waals surface area contributed by atoms with Gasteiger partial charge in [0.1, 0.15) is 9.84 Å². The normalized spacial score (nSPS) is 11.6. The maximum Gasteiger partial charge on any atom is 0.267 e. The van der Waals surface area contributed by atoms with Gasteiger partial charge in [-0.25, -0.2) is 13.1 Å². The van der Waals surface area contributed by atoms with Crippen molar-refractivity contribution in [3.63, 3.8) is 0 Å². The van der Waals surface area contributed by atoms with Crippen LogP contribution in [0.2, 0.25) is 0 Å². The second kappa shape index (κ2) is 5.06. The van der Waals surface area contributed by atoms with Crippen molar-refractivity contribution in [3.8, 4) is 0 Å². The Morgan fingerprint density at radius 3 is 2.73 bits per heavy atom. The first-order chi connectivity index (χ1) is 6.88. The van der Waals surface area contributed by atoms with Gasteiger partial charge in [-0.15, -0.1) is 0 Å². The summed E-state index contributed by atoms with van der Waals surface area (Å²) in [5.41, 5.74) is -0.199. The molecule has 1 rings (SSSR count). The van der Waals surface area contributed by atoms with Crippen LogP contribution in [0, 0.1) is 3.57 Å². The van der Waals surface area contributed by atoms with Crippen LogP contribution in [0.4, 0.5) is 0 Å². The summed E-state index contributed by atoms with van der Waals surface area (Å²) in [6, 6.07) is 1.47. The average Bonchev–Trinajstić information content (AvgIpc) is 2.07. The van der Waals surface area contributed by atoms with E-state index in [0.717, 1.165) is 3.57 Å². The zero-order chi connectivity index (χ0) is 11.5. The number of halogens is 1. The Balaban J connectivity index is 2.63. The Kier molecular flexibility index (Phi) is 4.26. The van der Waals surface area contributed by atoms with E-state index >= 15 is 0 Å². The van der Waals surface area contributed by atoms with Crippen molar-refractivity contribution < 1.29 is 8.42 Å². The van der Waals surface area contributed by atoms with E-state index in [1.165, 1.54) is 17.0 Å². The minimum atomic E-state index is -2.96. The molecule has 0 fully saturated rings. The molecule has 0 saturated carbocycles. The van der Waals surface area contributed by atoms with E-state index in [2.05, 4.69) is 5.10 Å². The van der Waals surface area contributed by atoms with Gasteiger partial charge < -0.3 is 0 Å². The van der Waals surface area contributed by atoms with Gasteiger partial charge in [0, 0.05) is 22.4 Å². The lowest BCUT2D eigenvalue weighted by Crippen LogP contribution is -2.23. The molecule has 0 radical (unpaired) electrons. The zero-order valence-corrected chi connectivity index (χ0v) is 11.2. The third kappa shape index (κ3) is 4.74. The smallest absolute Gasteiger partial charge is 0.267 e. The predicted octanol–water partition coefficient (Wildman–Crippen LogP) is 0.283. The second-order valence-electron chi connectivity index (χ2n) is 3.22. The standard InChI is InChI=1S/C8H11IN2O3S/c1-15(13,14)4-2-3-11-8(12)5-7(9)6-10-11/h5-6H,2-4H2,1H3. The molecule has 1 heterocycles. The van der Waals surface area contributed by atoms with Crippen LogP contribution in [0.25, 0.3) is 0 Å². The monoisotopic (exact) mass is 342 g/mol. The molecule has 0 aliphatic heterocycles. The van der Waals surface area contributed by atoms with Gasteiger partial charge in [-0.3, -0.25) is 4.79 Å². The number of sulfone groups is 1. The summed E-state index contributed by atoms with van der Waals surface area (Å²) in [4.78, 5) is 11.3. The third-order valence-corrected chi connectivity index (χ3v) is 3.34. The SMILES string of the molecule is CS(=O)(=O)CCCn1ncc(I)cc1=O. The van der Waals surface area contributed by atoms with Crippen molar-refractivity contribution in [2.24, 2.45) is 0 Å². The van der Waals surface area contributed by atoms with Crippen LogP contribution in [0.5, 0.6) is 0 Å². The summed E-state index contributed by atoms with van der Waals surface area (Å²) in [5, 5.41) is 3.90. The van der Waals surface area contributed by atoms with E-state index in [4.69, 9.17) is 0 Å². The summed E-state index contributed by atoms with van der Waals surface area (Å²) in [7, 11) is -2.96. The lowest BCUT2D eigenvalue weighted by molar-refractivity contribution is 0.555. The second-order valence-corrected chi connectivity index (χ2v) is 6.72. The average molecular weight is 342 g/mol. The van der Waals surface area contributed by atoms with Crippen molar-refractivity contribution in [3.05, 3.63) is 26.2 Å². The van der Waals surface area contributed by atoms with Crippen molar-refractivity contribution in [2.75, 3.05) is 12.0 Å². The summed E-state index contributed by atoms with van der Waals surface area (Å²) < 4.78 is 23.7. The van der Waals surface area contributed by atoms with Crippen molar-refractivity contribution in [1.29, 1.82) is 0 Å². The van der Waals surface area contributed by atoms with Gasteiger partial charge in [-0.05, 0) is 29.0 Å². The van der Waals surface area contributed by atoms with Crippen molar-refractivity contribution in [2.45, 2.75) is 13.0 Å². The molecule has 0 unspecified atom stereocenters. The molecule has 0 atom stereocenters. The fourth-order valence-corrected chi connectivity index (χ4v) is 2.10. The molecule has 15 heavy (non-hydrogen) atoms. The Morgan fingerprint density at radius 2 is 2.20 bits per heavy atom. The van der Waals surface area contributed by atoms with Crippen LogP contribution in [0.3, 0.4) is 0 Å². The summed E-state index contributed by atoms with van der Waals surface area (Å²) >= 11 is 2.00. The lowest BCUT2D eigenvalue weighted by atomic mass is 10.5. The molecule has 0 aliphatic carbocycles. The Bertz CT molecular complexity index is 495. The molecule has 84 valence electrons. The number of hydrogen-bond donors (Lipinski definition) is 0. The Hall–Kier alpha value is -0.440. The quantitative estimate of drug-likeness (QED) is 0.738. The molecule has 0 N–H and O–H groups in total. The van der Waals surface area contributed by atoms with E-state index in [-0.39, 0.29) is 11.3 Å². The predicted molar refractivity (Wildman–Crippen MR) is 65.5 cm³/mol. The Labute approximate surface area is 102 Å². The molecule has 0 aromatic carbocycles. The molecule has 1 aromatic heterocycles. The van der Waals surface area contributed by atoms with Gasteiger partial charge in [-0.1, -0.05) is 0 Å². The van der Waals surface area contributed by atoms with Crippen molar-refractivity contribution in [1.82, 2.24) is 9.78 Å². The highest BCUT2D eigenvalue weighted by atomic mass is 127. The van der Waals surface area contributed by atoms with Crippen LogP contribution < -0.4 is 5.56 Å². The molecular formula is C8H11IN2O3S. The largest absolute Gasteiger partial charge is 0.268 e. The summed E-state index contributed by atoms with van der Waals surface area (Å²) in [5.74, 6) is 0.0765. The number of nitrogens with zero attached hydrogens (tertiary/aromatic N) is 2. The first-order valence-electron chi connectivity index (χ1n) is 4.29. The van der Waals surface area contributed by atoms with Crippen molar-refractivity contribution >= 4 is 32.4 Å². The summed E-state index contributed by atoms with van der Waals surface area (Å²) in [6.07, 6.45) is 3.16. The van der Waals surface area contributed by atoms with Gasteiger partial charge in [0.25, 0.3) is 5.56 Å². The topological polar surface area (TPSA) is 69.0 Å². The van der Waals surface area contributed by atoms with Crippen LogP contribution in [-0.4, -0.2) is 30.2 Å². The molecule has 0 bridgehead atoms. The number of rotatable bonds is 4. The lowest BCUT2D eigenvalue weighted by Gasteiger charge is -2.02. The molecule has 1 aromatic rings. The van der Waals surface area contributed by atoms with Gasteiger partial charge >= 0.3 is 0 Å². The first-order valence-corrected chi connectivity index (χ1v) is 7.43. The van der Waals surface area contributed by atoms with E-state index in [1.807, 2.05) is 22.6 Å². The van der Waals surface area contributed by atoms with E-state index < -0.39 is 9.84 Å². The number of aryl methyl sites for hydroxylation is 1. The highest BCUT2D eigenvalue weighted by Gasteiger charge is 2.03. The molecule has 7 heteroatoms. The Morgan fingerprint density at radius 1 is 1.53 bits per heavy atom. The van der Waals surface area contributed by atoms with E-state index in [1.54, 1.807) is 6.20 Å². The molecule has 0 saturated heterocycles. The minimum Gasteiger partial charge on any atom is -0.268 e. The minimum absolute atomic E-state index is 0.0765.